The summed E-state index contributed by atoms with van der Waals surface area (Å²) in [7, 11) is 3.74. The molecular weight excluding hydrogens is 312 g/mol. The first-order valence-electron chi connectivity index (χ1n) is 7.64. The van der Waals surface area contributed by atoms with Crippen LogP contribution < -0.4 is 10.2 Å². The van der Waals surface area contributed by atoms with Gasteiger partial charge in [0.2, 0.25) is 0 Å². The highest BCUT2D eigenvalue weighted by atomic mass is 32.1. The Kier molecular flexibility index (Phi) is 4.42. The summed E-state index contributed by atoms with van der Waals surface area (Å²) in [6, 6.07) is 4.02. The summed E-state index contributed by atoms with van der Waals surface area (Å²) in [5.41, 5.74) is 0.568. The van der Waals surface area contributed by atoms with Gasteiger partial charge in [-0.2, -0.15) is 5.10 Å². The smallest absolute Gasteiger partial charge is 0.255 e. The Morgan fingerprint density at radius 3 is 3.00 bits per heavy atom. The molecule has 0 saturated heterocycles. The second-order valence-corrected chi connectivity index (χ2v) is 6.21. The van der Waals surface area contributed by atoms with Crippen LogP contribution in [0.25, 0.3) is 0 Å². The summed E-state index contributed by atoms with van der Waals surface area (Å²) < 4.78 is 2.73. The molecule has 8 heteroatoms. The number of amides is 1. The number of aromatic nitrogens is 4. The maximum absolute atomic E-state index is 12.4. The number of anilines is 1. The van der Waals surface area contributed by atoms with Crippen molar-refractivity contribution in [1.29, 1.82) is 0 Å². The highest BCUT2D eigenvalue weighted by Crippen LogP contribution is 2.35. The van der Waals surface area contributed by atoms with Crippen LogP contribution in [-0.2, 0) is 6.42 Å². The van der Waals surface area contributed by atoms with Gasteiger partial charge in [-0.1, -0.05) is 0 Å². The summed E-state index contributed by atoms with van der Waals surface area (Å²) in [5, 5.41) is 10.0. The van der Waals surface area contributed by atoms with E-state index in [9.17, 15) is 4.79 Å². The van der Waals surface area contributed by atoms with Gasteiger partial charge in [0.1, 0.15) is 11.6 Å². The van der Waals surface area contributed by atoms with E-state index in [1.807, 2.05) is 19.0 Å². The van der Waals surface area contributed by atoms with Gasteiger partial charge in [0.15, 0.2) is 4.77 Å². The van der Waals surface area contributed by atoms with Gasteiger partial charge in [-0.05, 0) is 37.2 Å². The van der Waals surface area contributed by atoms with Crippen molar-refractivity contribution in [3.8, 4) is 0 Å². The van der Waals surface area contributed by atoms with E-state index in [0.717, 1.165) is 18.7 Å². The highest BCUT2D eigenvalue weighted by molar-refractivity contribution is 7.71. The zero-order valence-electron chi connectivity index (χ0n) is 13.2. The lowest BCUT2D eigenvalue weighted by atomic mass is 10.2. The van der Waals surface area contributed by atoms with Gasteiger partial charge in [0, 0.05) is 39.3 Å². The summed E-state index contributed by atoms with van der Waals surface area (Å²) in [6.07, 6.45) is 4.62. The van der Waals surface area contributed by atoms with E-state index >= 15 is 0 Å². The van der Waals surface area contributed by atoms with E-state index in [-0.39, 0.29) is 5.91 Å². The molecule has 0 aromatic carbocycles. The standard InChI is InChI=1S/C15H20N6OS/c1-20(2)13-11(4-3-8-16-13)14(22)17-9-7-12-18-19-15(23)21(12)10-5-6-10/h3-4,8,10H,5-7,9H2,1-2H3,(H,17,22)(H,19,23). The number of H-pyrrole nitrogens is 1. The summed E-state index contributed by atoms with van der Waals surface area (Å²) in [6.45, 7) is 0.507. The maximum Gasteiger partial charge on any atom is 0.255 e. The van der Waals surface area contributed by atoms with E-state index in [0.29, 0.717) is 35.2 Å². The molecule has 0 spiro atoms. The van der Waals surface area contributed by atoms with E-state index in [2.05, 4.69) is 25.1 Å². The van der Waals surface area contributed by atoms with Crippen LogP contribution in [0.15, 0.2) is 18.3 Å². The molecule has 1 fully saturated rings. The molecule has 3 rings (SSSR count). The highest BCUT2D eigenvalue weighted by Gasteiger charge is 2.27. The number of carbonyl (C=O) groups excluding carboxylic acids is 1. The van der Waals surface area contributed by atoms with Crippen LogP contribution in [-0.4, -0.2) is 46.3 Å². The first-order chi connectivity index (χ1) is 11.1. The third-order valence-corrected chi connectivity index (χ3v) is 4.07. The van der Waals surface area contributed by atoms with Crippen LogP contribution in [0.5, 0.6) is 0 Å². The molecule has 2 N–H and O–H groups in total. The molecule has 1 saturated carbocycles. The maximum atomic E-state index is 12.4. The minimum atomic E-state index is -0.131. The fourth-order valence-electron chi connectivity index (χ4n) is 2.54. The summed E-state index contributed by atoms with van der Waals surface area (Å²) >= 11 is 5.26. The molecule has 122 valence electrons. The van der Waals surface area contributed by atoms with Gasteiger partial charge in [-0.25, -0.2) is 4.98 Å². The Bertz CT molecular complexity index is 761. The predicted octanol–water partition coefficient (Wildman–Crippen LogP) is 1.71. The SMILES string of the molecule is CN(C)c1ncccc1C(=O)NCCc1n[nH]c(=S)n1C1CC1. The number of pyridine rings is 1. The van der Waals surface area contributed by atoms with Crippen molar-refractivity contribution in [1.82, 2.24) is 25.1 Å². The largest absolute Gasteiger partial charge is 0.362 e. The van der Waals surface area contributed by atoms with Gasteiger partial charge >= 0.3 is 0 Å². The third-order valence-electron chi connectivity index (χ3n) is 3.78. The van der Waals surface area contributed by atoms with Gasteiger partial charge in [0.25, 0.3) is 5.91 Å². The Labute approximate surface area is 139 Å². The topological polar surface area (TPSA) is 78.8 Å². The molecule has 1 aliphatic rings. The fraction of sp³-hybridized carbons (Fsp3) is 0.467. The number of nitrogens with one attached hydrogen (secondary N) is 2. The molecule has 7 nitrogen and oxygen atoms in total. The van der Waals surface area contributed by atoms with Crippen LogP contribution in [0, 0.1) is 4.77 Å². The number of aromatic amines is 1. The Morgan fingerprint density at radius 1 is 1.52 bits per heavy atom. The Morgan fingerprint density at radius 2 is 2.30 bits per heavy atom. The van der Waals surface area contributed by atoms with Crippen LogP contribution in [0.3, 0.4) is 0 Å². The molecule has 1 amide bonds. The van der Waals surface area contributed by atoms with E-state index in [1.54, 1.807) is 18.3 Å². The van der Waals surface area contributed by atoms with Crippen LogP contribution in [0.2, 0.25) is 0 Å². The molecule has 1 aliphatic carbocycles. The zero-order valence-corrected chi connectivity index (χ0v) is 14.1. The molecule has 23 heavy (non-hydrogen) atoms. The predicted molar refractivity (Wildman–Crippen MR) is 90.3 cm³/mol. The molecular formula is C15H20N6OS. The molecule has 2 heterocycles. The van der Waals surface area contributed by atoms with Gasteiger partial charge in [-0.15, -0.1) is 0 Å². The number of carbonyl (C=O) groups is 1. The van der Waals surface area contributed by atoms with Gasteiger partial charge in [-0.3, -0.25) is 9.89 Å². The average molecular weight is 332 g/mol. The molecule has 0 atom stereocenters. The van der Waals surface area contributed by atoms with Crippen LogP contribution in [0.1, 0.15) is 35.1 Å². The van der Waals surface area contributed by atoms with Crippen molar-refractivity contribution in [3.05, 3.63) is 34.5 Å². The Balaban J connectivity index is 1.63. The molecule has 2 aromatic rings. The fourth-order valence-corrected chi connectivity index (χ4v) is 2.84. The van der Waals surface area contributed by atoms with Crippen molar-refractivity contribution in [3.63, 3.8) is 0 Å². The minimum Gasteiger partial charge on any atom is -0.362 e. The first kappa shape index (κ1) is 15.7. The monoisotopic (exact) mass is 332 g/mol. The number of nitrogens with zero attached hydrogens (tertiary/aromatic N) is 4. The Hall–Kier alpha value is -2.22. The molecule has 0 bridgehead atoms. The van der Waals surface area contributed by atoms with Crippen molar-refractivity contribution < 1.29 is 4.79 Å². The summed E-state index contributed by atoms with van der Waals surface area (Å²) in [4.78, 5) is 18.4. The van der Waals surface area contributed by atoms with E-state index < -0.39 is 0 Å². The quantitative estimate of drug-likeness (QED) is 0.787. The number of rotatable bonds is 6. The molecule has 0 unspecified atom stereocenters. The van der Waals surface area contributed by atoms with Gasteiger partial charge in [0.05, 0.1) is 5.56 Å². The van der Waals surface area contributed by atoms with Crippen molar-refractivity contribution in [2.24, 2.45) is 0 Å². The molecule has 0 aliphatic heterocycles. The normalized spacial score (nSPS) is 13.8. The molecule has 0 radical (unpaired) electrons. The second-order valence-electron chi connectivity index (χ2n) is 5.82. The van der Waals surface area contributed by atoms with Crippen molar-refractivity contribution in [2.75, 3.05) is 25.5 Å². The lowest BCUT2D eigenvalue weighted by Gasteiger charge is -2.15. The first-order valence-corrected chi connectivity index (χ1v) is 8.05. The number of hydrogen-bond donors (Lipinski definition) is 2. The van der Waals surface area contributed by atoms with Gasteiger partial charge < -0.3 is 14.8 Å². The number of hydrogen-bond acceptors (Lipinski definition) is 5. The van der Waals surface area contributed by atoms with E-state index in [1.165, 1.54) is 0 Å². The van der Waals surface area contributed by atoms with E-state index in [4.69, 9.17) is 12.2 Å². The molecule has 2 aromatic heterocycles. The third kappa shape index (κ3) is 3.42. The minimum absolute atomic E-state index is 0.131. The lowest BCUT2D eigenvalue weighted by molar-refractivity contribution is 0.0954. The summed E-state index contributed by atoms with van der Waals surface area (Å²) in [5.74, 6) is 1.43. The van der Waals surface area contributed by atoms with Crippen molar-refractivity contribution in [2.45, 2.75) is 25.3 Å². The average Bonchev–Trinajstić information content (AvgIpc) is 3.31. The van der Waals surface area contributed by atoms with Crippen molar-refractivity contribution >= 4 is 23.9 Å². The lowest BCUT2D eigenvalue weighted by Crippen LogP contribution is -2.28. The second kappa shape index (κ2) is 6.49. The van der Waals surface area contributed by atoms with Crippen LogP contribution >= 0.6 is 12.2 Å². The van der Waals surface area contributed by atoms with Crippen LogP contribution in [0.4, 0.5) is 5.82 Å². The zero-order chi connectivity index (χ0) is 16.4.